The molecule has 0 aliphatic heterocycles. The molecule has 0 amide bonds. The molecular formula is C17H18N4. The third kappa shape index (κ3) is 2.85. The quantitative estimate of drug-likeness (QED) is 0.797. The van der Waals surface area contributed by atoms with E-state index in [1.54, 1.807) is 6.20 Å². The number of nitrogens with zero attached hydrogens (tertiary/aromatic N) is 3. The van der Waals surface area contributed by atoms with E-state index in [9.17, 15) is 0 Å². The Hall–Kier alpha value is -2.46. The summed E-state index contributed by atoms with van der Waals surface area (Å²) in [6.45, 7) is 1.24. The molecule has 0 saturated heterocycles. The summed E-state index contributed by atoms with van der Waals surface area (Å²) < 4.78 is 0. The second kappa shape index (κ2) is 5.89. The van der Waals surface area contributed by atoms with E-state index in [2.05, 4.69) is 40.1 Å². The van der Waals surface area contributed by atoms with Gasteiger partial charge in [0.15, 0.2) is 0 Å². The number of rotatable bonds is 4. The molecule has 21 heavy (non-hydrogen) atoms. The first-order chi connectivity index (χ1) is 10.3. The molecule has 0 fully saturated rings. The van der Waals surface area contributed by atoms with E-state index >= 15 is 0 Å². The highest BCUT2D eigenvalue weighted by molar-refractivity contribution is 5.91. The smallest absolute Gasteiger partial charge is 0.0726 e. The average molecular weight is 278 g/mol. The molecule has 2 aromatic heterocycles. The highest BCUT2D eigenvalue weighted by Gasteiger charge is 2.09. The minimum Gasteiger partial charge on any atom is -0.370 e. The van der Waals surface area contributed by atoms with Crippen LogP contribution in [0.25, 0.3) is 10.9 Å². The molecule has 0 saturated carbocycles. The third-order valence-corrected chi connectivity index (χ3v) is 3.51. The molecule has 0 aliphatic rings. The Morgan fingerprint density at radius 2 is 2.00 bits per heavy atom. The maximum atomic E-state index is 5.77. The van der Waals surface area contributed by atoms with Gasteiger partial charge >= 0.3 is 0 Å². The maximum absolute atomic E-state index is 5.77. The molecule has 3 aromatic rings. The number of anilines is 1. The fourth-order valence-corrected chi connectivity index (χ4v) is 2.48. The molecule has 0 bridgehead atoms. The Morgan fingerprint density at radius 1 is 1.14 bits per heavy atom. The van der Waals surface area contributed by atoms with Gasteiger partial charge in [-0.2, -0.15) is 0 Å². The predicted octanol–water partition coefficient (Wildman–Crippen LogP) is 2.72. The van der Waals surface area contributed by atoms with Crippen LogP contribution in [0.1, 0.15) is 11.3 Å². The van der Waals surface area contributed by atoms with E-state index in [-0.39, 0.29) is 0 Å². The fraction of sp³-hybridized carbons (Fsp3) is 0.176. The third-order valence-electron chi connectivity index (χ3n) is 3.51. The largest absolute Gasteiger partial charge is 0.370 e. The van der Waals surface area contributed by atoms with Crippen LogP contribution >= 0.6 is 0 Å². The number of pyridine rings is 2. The Kier molecular flexibility index (Phi) is 3.79. The standard InChI is InChI=1S/C17H18N4/c1-21(12-13-5-4-8-19-11-13)17-9-14(10-18)20-16-7-3-2-6-15(16)17/h2-9,11H,10,12,18H2,1H3. The average Bonchev–Trinajstić information content (AvgIpc) is 2.54. The van der Waals surface area contributed by atoms with Crippen LogP contribution in [0.5, 0.6) is 0 Å². The van der Waals surface area contributed by atoms with Crippen LogP contribution in [0.3, 0.4) is 0 Å². The van der Waals surface area contributed by atoms with Crippen molar-refractivity contribution in [3.05, 3.63) is 66.1 Å². The van der Waals surface area contributed by atoms with Crippen LogP contribution in [0.2, 0.25) is 0 Å². The van der Waals surface area contributed by atoms with Crippen molar-refractivity contribution >= 4 is 16.6 Å². The van der Waals surface area contributed by atoms with Gasteiger partial charge in [-0.25, -0.2) is 0 Å². The first-order valence-corrected chi connectivity index (χ1v) is 6.96. The van der Waals surface area contributed by atoms with E-state index in [0.29, 0.717) is 6.54 Å². The van der Waals surface area contributed by atoms with E-state index in [4.69, 9.17) is 5.73 Å². The Morgan fingerprint density at radius 3 is 2.76 bits per heavy atom. The second-order valence-electron chi connectivity index (χ2n) is 5.07. The molecule has 0 unspecified atom stereocenters. The zero-order valence-corrected chi connectivity index (χ0v) is 12.0. The van der Waals surface area contributed by atoms with Gasteiger partial charge in [0.2, 0.25) is 0 Å². The zero-order valence-electron chi connectivity index (χ0n) is 12.0. The molecule has 0 atom stereocenters. The molecule has 1 aromatic carbocycles. The minimum absolute atomic E-state index is 0.443. The number of fused-ring (bicyclic) bond motifs is 1. The molecule has 106 valence electrons. The second-order valence-corrected chi connectivity index (χ2v) is 5.07. The van der Waals surface area contributed by atoms with Crippen LogP contribution < -0.4 is 10.6 Å². The first kappa shape index (κ1) is 13.5. The summed E-state index contributed by atoms with van der Waals surface area (Å²) in [6, 6.07) is 14.3. The number of para-hydroxylation sites is 1. The molecule has 3 rings (SSSR count). The van der Waals surface area contributed by atoms with Gasteiger partial charge in [0, 0.05) is 43.6 Å². The first-order valence-electron chi connectivity index (χ1n) is 6.96. The van der Waals surface area contributed by atoms with Crippen LogP contribution in [0, 0.1) is 0 Å². The molecule has 2 heterocycles. The number of benzene rings is 1. The van der Waals surface area contributed by atoms with Gasteiger partial charge in [-0.3, -0.25) is 9.97 Å². The number of hydrogen-bond donors (Lipinski definition) is 1. The van der Waals surface area contributed by atoms with Crippen molar-refractivity contribution in [2.75, 3.05) is 11.9 Å². The molecule has 2 N–H and O–H groups in total. The van der Waals surface area contributed by atoms with Crippen LogP contribution in [0.4, 0.5) is 5.69 Å². The Bertz CT molecular complexity index is 740. The lowest BCUT2D eigenvalue weighted by atomic mass is 10.1. The molecule has 4 heteroatoms. The van der Waals surface area contributed by atoms with Crippen molar-refractivity contribution < 1.29 is 0 Å². The lowest BCUT2D eigenvalue weighted by Gasteiger charge is -2.22. The highest BCUT2D eigenvalue weighted by atomic mass is 15.1. The van der Waals surface area contributed by atoms with Gasteiger partial charge in [0.05, 0.1) is 11.2 Å². The molecule has 0 spiro atoms. The molecule has 0 radical (unpaired) electrons. The van der Waals surface area contributed by atoms with E-state index in [1.807, 2.05) is 30.5 Å². The molecule has 0 aliphatic carbocycles. The van der Waals surface area contributed by atoms with Gasteiger partial charge < -0.3 is 10.6 Å². The predicted molar refractivity (Wildman–Crippen MR) is 86.0 cm³/mol. The SMILES string of the molecule is CN(Cc1cccnc1)c1cc(CN)nc2ccccc12. The monoisotopic (exact) mass is 278 g/mol. The van der Waals surface area contributed by atoms with Crippen molar-refractivity contribution in [2.24, 2.45) is 5.73 Å². The fourth-order valence-electron chi connectivity index (χ4n) is 2.48. The lowest BCUT2D eigenvalue weighted by Crippen LogP contribution is -2.17. The number of aromatic nitrogens is 2. The van der Waals surface area contributed by atoms with E-state index in [0.717, 1.165) is 28.8 Å². The van der Waals surface area contributed by atoms with Crippen LogP contribution in [-0.4, -0.2) is 17.0 Å². The summed E-state index contributed by atoms with van der Waals surface area (Å²) in [6.07, 6.45) is 3.68. The summed E-state index contributed by atoms with van der Waals surface area (Å²) in [4.78, 5) is 11.0. The lowest BCUT2D eigenvalue weighted by molar-refractivity contribution is 0.911. The Balaban J connectivity index is 2.02. The van der Waals surface area contributed by atoms with Gasteiger partial charge in [0.1, 0.15) is 0 Å². The van der Waals surface area contributed by atoms with E-state index in [1.165, 1.54) is 5.56 Å². The van der Waals surface area contributed by atoms with Gasteiger partial charge in [-0.1, -0.05) is 24.3 Å². The number of nitrogens with two attached hydrogens (primary N) is 1. The molecule has 4 nitrogen and oxygen atoms in total. The van der Waals surface area contributed by atoms with Crippen molar-refractivity contribution in [3.8, 4) is 0 Å². The van der Waals surface area contributed by atoms with Crippen molar-refractivity contribution in [3.63, 3.8) is 0 Å². The number of hydrogen-bond acceptors (Lipinski definition) is 4. The molecular weight excluding hydrogens is 260 g/mol. The Labute approximate surface area is 124 Å². The van der Waals surface area contributed by atoms with Crippen LogP contribution in [-0.2, 0) is 13.1 Å². The van der Waals surface area contributed by atoms with Crippen molar-refractivity contribution in [1.82, 2.24) is 9.97 Å². The summed E-state index contributed by atoms with van der Waals surface area (Å²) in [5.74, 6) is 0. The normalized spacial score (nSPS) is 10.8. The van der Waals surface area contributed by atoms with Crippen molar-refractivity contribution in [1.29, 1.82) is 0 Å². The van der Waals surface area contributed by atoms with Gasteiger partial charge in [-0.15, -0.1) is 0 Å². The van der Waals surface area contributed by atoms with E-state index < -0.39 is 0 Å². The summed E-state index contributed by atoms with van der Waals surface area (Å²) in [7, 11) is 2.08. The zero-order chi connectivity index (χ0) is 14.7. The highest BCUT2D eigenvalue weighted by Crippen LogP contribution is 2.26. The minimum atomic E-state index is 0.443. The maximum Gasteiger partial charge on any atom is 0.0726 e. The summed E-state index contributed by atoms with van der Waals surface area (Å²) >= 11 is 0. The van der Waals surface area contributed by atoms with Crippen LogP contribution in [0.15, 0.2) is 54.9 Å². The summed E-state index contributed by atoms with van der Waals surface area (Å²) in [5.41, 5.74) is 9.98. The van der Waals surface area contributed by atoms with Gasteiger partial charge in [-0.05, 0) is 23.8 Å². The van der Waals surface area contributed by atoms with Gasteiger partial charge in [0.25, 0.3) is 0 Å². The van der Waals surface area contributed by atoms with Crippen molar-refractivity contribution in [2.45, 2.75) is 13.1 Å². The topological polar surface area (TPSA) is 55.0 Å². The summed E-state index contributed by atoms with van der Waals surface area (Å²) in [5, 5.41) is 1.14.